The van der Waals surface area contributed by atoms with E-state index in [9.17, 15) is 8.42 Å². The van der Waals surface area contributed by atoms with E-state index in [1.54, 1.807) is 36.4 Å². The summed E-state index contributed by atoms with van der Waals surface area (Å²) < 4.78 is 32.1. The van der Waals surface area contributed by atoms with Crippen LogP contribution in [0.4, 0.5) is 0 Å². The largest absolute Gasteiger partial charge is 0.312 e. The zero-order valence-corrected chi connectivity index (χ0v) is 15.2. The molecule has 0 unspecified atom stereocenters. The summed E-state index contributed by atoms with van der Waals surface area (Å²) in [6.45, 7) is 8.37. The zero-order valence-electron chi connectivity index (χ0n) is 13.6. The SMILES string of the molecule is C=CCn1c(=NS(=O)(=O)c2ccccc2)sc2cc(C)c(C)cc21. The predicted octanol–water partition coefficient (Wildman–Crippen LogP) is 3.80. The van der Waals surface area contributed by atoms with Crippen LogP contribution in [0, 0.1) is 13.8 Å². The number of thiazole rings is 1. The average molecular weight is 358 g/mol. The summed E-state index contributed by atoms with van der Waals surface area (Å²) in [6, 6.07) is 12.4. The molecule has 2 aromatic carbocycles. The van der Waals surface area contributed by atoms with Crippen LogP contribution >= 0.6 is 11.3 Å². The minimum atomic E-state index is -3.74. The smallest absolute Gasteiger partial charge is 0.285 e. The Kier molecular flexibility index (Phi) is 4.43. The van der Waals surface area contributed by atoms with Gasteiger partial charge in [0, 0.05) is 6.54 Å². The van der Waals surface area contributed by atoms with Crippen LogP contribution in [0.2, 0.25) is 0 Å². The molecule has 0 atom stereocenters. The van der Waals surface area contributed by atoms with Crippen molar-refractivity contribution >= 4 is 31.6 Å². The minimum Gasteiger partial charge on any atom is -0.312 e. The monoisotopic (exact) mass is 358 g/mol. The van der Waals surface area contributed by atoms with Crippen LogP contribution in [0.25, 0.3) is 10.2 Å². The highest BCUT2D eigenvalue weighted by Gasteiger charge is 2.14. The molecule has 0 saturated carbocycles. The van der Waals surface area contributed by atoms with E-state index >= 15 is 0 Å². The third-order valence-electron chi connectivity index (χ3n) is 3.85. The van der Waals surface area contributed by atoms with Gasteiger partial charge in [-0.1, -0.05) is 35.6 Å². The molecule has 24 heavy (non-hydrogen) atoms. The van der Waals surface area contributed by atoms with Gasteiger partial charge < -0.3 is 4.57 Å². The number of fused-ring (bicyclic) bond motifs is 1. The summed E-state index contributed by atoms with van der Waals surface area (Å²) in [5, 5.41) is 0. The molecule has 3 aromatic rings. The van der Waals surface area contributed by atoms with Gasteiger partial charge in [-0.15, -0.1) is 11.0 Å². The van der Waals surface area contributed by atoms with E-state index in [0.29, 0.717) is 11.3 Å². The Labute approximate surface area is 145 Å². The van der Waals surface area contributed by atoms with Crippen LogP contribution in [0.3, 0.4) is 0 Å². The van der Waals surface area contributed by atoms with Crippen molar-refractivity contribution in [1.82, 2.24) is 4.57 Å². The maximum absolute atomic E-state index is 12.6. The van der Waals surface area contributed by atoms with Crippen molar-refractivity contribution in [1.29, 1.82) is 0 Å². The summed E-state index contributed by atoms with van der Waals surface area (Å²) in [4.78, 5) is 0.652. The fourth-order valence-electron chi connectivity index (χ4n) is 2.45. The first-order chi connectivity index (χ1) is 11.4. The van der Waals surface area contributed by atoms with Gasteiger partial charge in [0.1, 0.15) is 0 Å². The molecule has 4 nitrogen and oxygen atoms in total. The number of nitrogens with zero attached hydrogens (tertiary/aromatic N) is 2. The van der Waals surface area contributed by atoms with E-state index in [1.165, 1.54) is 16.9 Å². The molecule has 124 valence electrons. The molecule has 0 aliphatic rings. The van der Waals surface area contributed by atoms with Crippen molar-refractivity contribution in [3.63, 3.8) is 0 Å². The van der Waals surface area contributed by atoms with Crippen LogP contribution in [0.5, 0.6) is 0 Å². The Balaban J connectivity index is 2.29. The molecule has 0 N–H and O–H groups in total. The number of rotatable bonds is 4. The lowest BCUT2D eigenvalue weighted by atomic mass is 10.1. The van der Waals surface area contributed by atoms with Gasteiger partial charge in [0.25, 0.3) is 10.0 Å². The second-order valence-corrected chi connectivity index (χ2v) is 8.18. The minimum absolute atomic E-state index is 0.194. The summed E-state index contributed by atoms with van der Waals surface area (Å²) in [7, 11) is -3.74. The van der Waals surface area contributed by atoms with Crippen molar-refractivity contribution in [3.8, 4) is 0 Å². The van der Waals surface area contributed by atoms with Gasteiger partial charge in [-0.2, -0.15) is 8.42 Å². The Morgan fingerprint density at radius 2 is 1.83 bits per heavy atom. The highest BCUT2D eigenvalue weighted by Crippen LogP contribution is 2.22. The number of benzene rings is 2. The second kappa shape index (κ2) is 6.37. The predicted molar refractivity (Wildman–Crippen MR) is 98.7 cm³/mol. The van der Waals surface area contributed by atoms with Crippen molar-refractivity contribution in [2.24, 2.45) is 4.40 Å². The maximum atomic E-state index is 12.6. The normalized spacial score (nSPS) is 12.7. The standard InChI is InChI=1S/C18H18N2O2S2/c1-4-10-20-16-11-13(2)14(3)12-17(16)23-18(20)19-24(21,22)15-8-6-5-7-9-15/h4-9,11-12H,1,10H2,2-3H3. The molecule has 0 amide bonds. The number of sulfonamides is 1. The molecule has 3 rings (SSSR count). The lowest BCUT2D eigenvalue weighted by Crippen LogP contribution is -2.16. The molecule has 0 bridgehead atoms. The first kappa shape index (κ1) is 16.7. The Morgan fingerprint density at radius 3 is 2.50 bits per heavy atom. The maximum Gasteiger partial charge on any atom is 0.285 e. The fraction of sp³-hybridized carbons (Fsp3) is 0.167. The van der Waals surface area contributed by atoms with Gasteiger partial charge in [-0.3, -0.25) is 0 Å². The van der Waals surface area contributed by atoms with Crippen LogP contribution in [-0.2, 0) is 16.6 Å². The molecular formula is C18H18N2O2S2. The molecule has 1 heterocycles. The highest BCUT2D eigenvalue weighted by molar-refractivity contribution is 7.90. The van der Waals surface area contributed by atoms with Crippen molar-refractivity contribution in [2.45, 2.75) is 25.3 Å². The van der Waals surface area contributed by atoms with Crippen LogP contribution in [-0.4, -0.2) is 13.0 Å². The Bertz CT molecular complexity index is 1080. The lowest BCUT2D eigenvalue weighted by Gasteiger charge is -2.04. The Hall–Kier alpha value is -2.18. The van der Waals surface area contributed by atoms with Gasteiger partial charge in [-0.25, -0.2) is 0 Å². The van der Waals surface area contributed by atoms with E-state index in [2.05, 4.69) is 23.1 Å². The first-order valence-electron chi connectivity index (χ1n) is 7.50. The number of aryl methyl sites for hydroxylation is 2. The topological polar surface area (TPSA) is 51.4 Å². The summed E-state index contributed by atoms with van der Waals surface area (Å²) in [6.07, 6.45) is 1.75. The van der Waals surface area contributed by atoms with Gasteiger partial charge in [0.2, 0.25) is 4.80 Å². The molecule has 0 aliphatic carbocycles. The lowest BCUT2D eigenvalue weighted by molar-refractivity contribution is 0.596. The Morgan fingerprint density at radius 1 is 1.17 bits per heavy atom. The van der Waals surface area contributed by atoms with Crippen LogP contribution < -0.4 is 4.80 Å². The highest BCUT2D eigenvalue weighted by atomic mass is 32.2. The van der Waals surface area contributed by atoms with E-state index < -0.39 is 10.0 Å². The van der Waals surface area contributed by atoms with Crippen LogP contribution in [0.1, 0.15) is 11.1 Å². The second-order valence-electron chi connectivity index (χ2n) is 5.57. The summed E-state index contributed by atoms with van der Waals surface area (Å²) in [5.41, 5.74) is 3.31. The summed E-state index contributed by atoms with van der Waals surface area (Å²) >= 11 is 1.38. The molecule has 1 aromatic heterocycles. The van der Waals surface area contributed by atoms with E-state index in [0.717, 1.165) is 15.8 Å². The number of hydrogen-bond acceptors (Lipinski definition) is 3. The zero-order chi connectivity index (χ0) is 17.3. The van der Waals surface area contributed by atoms with Crippen LogP contribution in [0.15, 0.2) is 64.4 Å². The quantitative estimate of drug-likeness (QED) is 0.666. The molecule has 0 aliphatic heterocycles. The van der Waals surface area contributed by atoms with E-state index in [1.807, 2.05) is 18.4 Å². The average Bonchev–Trinajstić information content (AvgIpc) is 2.85. The first-order valence-corrected chi connectivity index (χ1v) is 9.75. The number of aromatic nitrogens is 1. The number of allylic oxidation sites excluding steroid dienone is 1. The fourth-order valence-corrected chi connectivity index (χ4v) is 4.79. The molecule has 0 radical (unpaired) electrons. The molecule has 0 saturated heterocycles. The number of hydrogen-bond donors (Lipinski definition) is 0. The molecule has 0 spiro atoms. The van der Waals surface area contributed by atoms with Crippen molar-refractivity contribution in [3.05, 3.63) is 71.0 Å². The van der Waals surface area contributed by atoms with Crippen molar-refractivity contribution in [2.75, 3.05) is 0 Å². The summed E-state index contributed by atoms with van der Waals surface area (Å²) in [5.74, 6) is 0. The van der Waals surface area contributed by atoms with Gasteiger partial charge >= 0.3 is 0 Å². The molecule has 0 fully saturated rings. The van der Waals surface area contributed by atoms with Gasteiger partial charge in [0.15, 0.2) is 0 Å². The van der Waals surface area contributed by atoms with E-state index in [-0.39, 0.29) is 4.90 Å². The third kappa shape index (κ3) is 3.07. The van der Waals surface area contributed by atoms with Gasteiger partial charge in [0.05, 0.1) is 15.1 Å². The molecular weight excluding hydrogens is 340 g/mol. The van der Waals surface area contributed by atoms with Gasteiger partial charge in [-0.05, 0) is 49.2 Å². The van der Waals surface area contributed by atoms with Crippen molar-refractivity contribution < 1.29 is 8.42 Å². The molecule has 6 heteroatoms. The third-order valence-corrected chi connectivity index (χ3v) is 6.29. The van der Waals surface area contributed by atoms with E-state index in [4.69, 9.17) is 0 Å².